The van der Waals surface area contributed by atoms with Gasteiger partial charge in [-0.05, 0) is 12.1 Å². The number of methoxy groups -OCH3 is 1. The molecule has 0 radical (unpaired) electrons. The summed E-state index contributed by atoms with van der Waals surface area (Å²) in [5.41, 5.74) is 0.434. The third-order valence-electron chi connectivity index (χ3n) is 1.79. The molecule has 0 unspecified atom stereocenters. The van der Waals surface area contributed by atoms with E-state index in [1.54, 1.807) is 24.3 Å². The fourth-order valence-electron chi connectivity index (χ4n) is 0.998. The number of rotatable bonds is 6. The van der Waals surface area contributed by atoms with Crippen molar-refractivity contribution >= 4 is 12.3 Å². The van der Waals surface area contributed by atoms with Gasteiger partial charge in [-0.15, -0.1) is 0 Å². The molecule has 0 aliphatic rings. The average Bonchev–Trinajstić information content (AvgIpc) is 2.34. The normalized spacial score (nSPS) is 9.56. The van der Waals surface area contributed by atoms with Gasteiger partial charge in [-0.3, -0.25) is 4.79 Å². The minimum absolute atomic E-state index is 0.111. The van der Waals surface area contributed by atoms with Gasteiger partial charge >= 0.3 is 5.97 Å². The maximum atomic E-state index is 10.7. The summed E-state index contributed by atoms with van der Waals surface area (Å²) in [4.78, 5) is 21.3. The Morgan fingerprint density at radius 2 is 2.12 bits per heavy atom. The van der Waals surface area contributed by atoms with Crippen LogP contribution in [0.1, 0.15) is 10.4 Å². The third kappa shape index (κ3) is 3.70. The lowest BCUT2D eigenvalue weighted by atomic mass is 10.2. The summed E-state index contributed by atoms with van der Waals surface area (Å²) < 4.78 is 14.4. The smallest absolute Gasteiger partial charge is 0.331 e. The second-order valence-electron chi connectivity index (χ2n) is 2.84. The molecule has 0 bridgehead atoms. The predicted molar refractivity (Wildman–Crippen MR) is 55.3 cm³/mol. The summed E-state index contributed by atoms with van der Waals surface area (Å²) in [6, 6.07) is 6.74. The monoisotopic (exact) mass is 224 g/mol. The number of para-hydroxylation sites is 1. The van der Waals surface area contributed by atoms with E-state index in [0.717, 1.165) is 0 Å². The van der Waals surface area contributed by atoms with E-state index in [-0.39, 0.29) is 13.4 Å². The van der Waals surface area contributed by atoms with E-state index in [2.05, 4.69) is 4.74 Å². The first-order valence-corrected chi connectivity index (χ1v) is 4.59. The summed E-state index contributed by atoms with van der Waals surface area (Å²) in [6.45, 7) is -0.292. The second-order valence-corrected chi connectivity index (χ2v) is 2.84. The Morgan fingerprint density at radius 3 is 2.81 bits per heavy atom. The molecule has 0 aliphatic carbocycles. The van der Waals surface area contributed by atoms with Gasteiger partial charge in [-0.25, -0.2) is 4.79 Å². The van der Waals surface area contributed by atoms with Gasteiger partial charge in [0.2, 0.25) is 0 Å². The van der Waals surface area contributed by atoms with Crippen LogP contribution in [0.5, 0.6) is 5.75 Å². The van der Waals surface area contributed by atoms with Gasteiger partial charge in [0, 0.05) is 0 Å². The molecule has 16 heavy (non-hydrogen) atoms. The van der Waals surface area contributed by atoms with E-state index in [4.69, 9.17) is 9.47 Å². The maximum Gasteiger partial charge on any atom is 0.331 e. The Hall–Kier alpha value is -1.88. The lowest BCUT2D eigenvalue weighted by Gasteiger charge is -2.07. The lowest BCUT2D eigenvalue weighted by Crippen LogP contribution is -2.13. The summed E-state index contributed by atoms with van der Waals surface area (Å²) in [5, 5.41) is 0. The molecule has 0 atom stereocenters. The van der Waals surface area contributed by atoms with E-state index in [1.807, 2.05) is 0 Å². The van der Waals surface area contributed by atoms with Crippen LogP contribution in [0, 0.1) is 0 Å². The minimum atomic E-state index is -0.479. The van der Waals surface area contributed by atoms with Crippen LogP contribution in [0.4, 0.5) is 0 Å². The van der Waals surface area contributed by atoms with E-state index in [0.29, 0.717) is 17.6 Å². The quantitative estimate of drug-likeness (QED) is 0.312. The minimum Gasteiger partial charge on any atom is -0.467 e. The van der Waals surface area contributed by atoms with Crippen molar-refractivity contribution in [2.24, 2.45) is 0 Å². The highest BCUT2D eigenvalue weighted by Gasteiger charge is 2.02. The molecule has 0 saturated carbocycles. The van der Waals surface area contributed by atoms with Crippen molar-refractivity contribution in [2.45, 2.75) is 0 Å². The van der Waals surface area contributed by atoms with Crippen LogP contribution in [0.25, 0.3) is 0 Å². The Labute approximate surface area is 92.9 Å². The number of hydrogen-bond acceptors (Lipinski definition) is 5. The van der Waals surface area contributed by atoms with Crippen LogP contribution in [0.2, 0.25) is 0 Å². The number of ether oxygens (including phenoxy) is 3. The SMILES string of the molecule is COC(=O)COCOc1ccccc1C=O. The zero-order valence-electron chi connectivity index (χ0n) is 8.84. The molecule has 86 valence electrons. The molecule has 1 aromatic rings. The first-order valence-electron chi connectivity index (χ1n) is 4.59. The number of carbonyl (C=O) groups excluding carboxylic acids is 2. The molecule has 0 aromatic heterocycles. The Morgan fingerprint density at radius 1 is 1.38 bits per heavy atom. The van der Waals surface area contributed by atoms with Crippen LogP contribution in [-0.2, 0) is 14.3 Å². The fraction of sp³-hybridized carbons (Fsp3) is 0.273. The van der Waals surface area contributed by atoms with E-state index in [1.165, 1.54) is 7.11 Å². The zero-order chi connectivity index (χ0) is 11.8. The van der Waals surface area contributed by atoms with Gasteiger partial charge in [0.25, 0.3) is 0 Å². The Bertz CT molecular complexity index is 361. The molecule has 0 heterocycles. The van der Waals surface area contributed by atoms with Crippen molar-refractivity contribution in [1.29, 1.82) is 0 Å². The summed E-state index contributed by atoms with van der Waals surface area (Å²) in [5.74, 6) is -0.0605. The molecular weight excluding hydrogens is 212 g/mol. The molecule has 5 nitrogen and oxygen atoms in total. The molecule has 1 rings (SSSR count). The van der Waals surface area contributed by atoms with Gasteiger partial charge in [0.1, 0.15) is 12.4 Å². The first-order chi connectivity index (χ1) is 7.77. The van der Waals surface area contributed by atoms with Crippen molar-refractivity contribution in [3.05, 3.63) is 29.8 Å². The van der Waals surface area contributed by atoms with Gasteiger partial charge in [-0.1, -0.05) is 12.1 Å². The van der Waals surface area contributed by atoms with Gasteiger partial charge in [0.15, 0.2) is 13.1 Å². The van der Waals surface area contributed by atoms with Crippen LogP contribution < -0.4 is 4.74 Å². The van der Waals surface area contributed by atoms with Crippen LogP contribution >= 0.6 is 0 Å². The lowest BCUT2D eigenvalue weighted by molar-refractivity contribution is -0.148. The number of hydrogen-bond donors (Lipinski definition) is 0. The van der Waals surface area contributed by atoms with Crippen molar-refractivity contribution in [3.63, 3.8) is 0 Å². The Kier molecular flexibility index (Phi) is 5.01. The Balaban J connectivity index is 2.37. The van der Waals surface area contributed by atoms with Crippen LogP contribution in [0.15, 0.2) is 24.3 Å². The van der Waals surface area contributed by atoms with Crippen molar-refractivity contribution in [3.8, 4) is 5.75 Å². The summed E-state index contributed by atoms with van der Waals surface area (Å²) in [6.07, 6.45) is 0.690. The zero-order valence-corrected chi connectivity index (χ0v) is 8.84. The fourth-order valence-corrected chi connectivity index (χ4v) is 0.998. The second kappa shape index (κ2) is 6.58. The highest BCUT2D eigenvalue weighted by Crippen LogP contribution is 2.15. The number of carbonyl (C=O) groups is 2. The maximum absolute atomic E-state index is 10.7. The van der Waals surface area contributed by atoms with E-state index < -0.39 is 5.97 Å². The third-order valence-corrected chi connectivity index (χ3v) is 1.79. The molecule has 1 aromatic carbocycles. The predicted octanol–water partition coefficient (Wildman–Crippen LogP) is 1.02. The molecule has 0 saturated heterocycles. The van der Waals surface area contributed by atoms with Crippen molar-refractivity contribution in [1.82, 2.24) is 0 Å². The highest BCUT2D eigenvalue weighted by atomic mass is 16.7. The topological polar surface area (TPSA) is 61.8 Å². The average molecular weight is 224 g/mol. The molecule has 5 heteroatoms. The van der Waals surface area contributed by atoms with Crippen molar-refractivity contribution < 1.29 is 23.8 Å². The molecule has 0 amide bonds. The summed E-state index contributed by atoms with van der Waals surface area (Å²) in [7, 11) is 1.27. The highest BCUT2D eigenvalue weighted by molar-refractivity contribution is 5.79. The van der Waals surface area contributed by atoms with E-state index >= 15 is 0 Å². The van der Waals surface area contributed by atoms with Gasteiger partial charge in [0.05, 0.1) is 12.7 Å². The number of esters is 1. The van der Waals surface area contributed by atoms with E-state index in [9.17, 15) is 9.59 Å². The molecule has 0 fully saturated rings. The molecule has 0 spiro atoms. The molecule has 0 N–H and O–H groups in total. The van der Waals surface area contributed by atoms with Crippen molar-refractivity contribution in [2.75, 3.05) is 20.5 Å². The van der Waals surface area contributed by atoms with Gasteiger partial charge < -0.3 is 14.2 Å². The molecular formula is C11H12O5. The summed E-state index contributed by atoms with van der Waals surface area (Å²) >= 11 is 0. The van der Waals surface area contributed by atoms with Crippen LogP contribution in [0.3, 0.4) is 0 Å². The largest absolute Gasteiger partial charge is 0.467 e. The first kappa shape index (κ1) is 12.2. The van der Waals surface area contributed by atoms with Gasteiger partial charge in [-0.2, -0.15) is 0 Å². The number of aldehydes is 1. The molecule has 0 aliphatic heterocycles. The van der Waals surface area contributed by atoms with Crippen LogP contribution in [-0.4, -0.2) is 32.8 Å². The standard InChI is InChI=1S/C11H12O5/c1-14-11(13)7-15-8-16-10-5-3-2-4-9(10)6-12/h2-6H,7-8H2,1H3. The number of benzene rings is 1.